The molecule has 4 rings (SSSR count). The molecule has 43 heavy (non-hydrogen) atoms. The maximum atomic E-state index is 11.5. The molecule has 0 amide bonds. The van der Waals surface area contributed by atoms with Crippen molar-refractivity contribution >= 4 is 41.1 Å². The van der Waals surface area contributed by atoms with Gasteiger partial charge in [0, 0.05) is 24.3 Å². The summed E-state index contributed by atoms with van der Waals surface area (Å²) in [6.45, 7) is 7.73. The van der Waals surface area contributed by atoms with E-state index in [1.807, 2.05) is 18.4 Å². The summed E-state index contributed by atoms with van der Waals surface area (Å²) >= 11 is 3.40. The normalized spacial score (nSPS) is 15.1. The molecule has 3 aromatic rings. The summed E-state index contributed by atoms with van der Waals surface area (Å²) in [5.41, 5.74) is 3.60. The highest BCUT2D eigenvalue weighted by Gasteiger charge is 2.42. The molecule has 0 aromatic heterocycles. The van der Waals surface area contributed by atoms with Gasteiger partial charge in [-0.15, -0.1) is 11.8 Å². The van der Waals surface area contributed by atoms with E-state index in [2.05, 4.69) is 77.6 Å². The molecular weight excluding hydrogens is 577 g/mol. The van der Waals surface area contributed by atoms with Crippen molar-refractivity contribution in [2.45, 2.75) is 81.2 Å². The number of carbonyl (C=O) groups is 1. The number of ether oxygens (including phenoxy) is 2. The number of carboxylic acids is 1. The van der Waals surface area contributed by atoms with Crippen LogP contribution in [0.4, 0.5) is 11.4 Å². The molecule has 1 aliphatic rings. The highest BCUT2D eigenvalue weighted by molar-refractivity contribution is 7.98. The fraction of sp³-hybridized carbons (Fsp3) is 0.400. The van der Waals surface area contributed by atoms with Crippen LogP contribution in [0.3, 0.4) is 0 Å². The second-order valence-corrected chi connectivity index (χ2v) is 12.9. The van der Waals surface area contributed by atoms with Crippen molar-refractivity contribution in [2.75, 3.05) is 24.8 Å². The largest absolute Gasteiger partial charge is 0.497 e. The van der Waals surface area contributed by atoms with Gasteiger partial charge in [-0.2, -0.15) is 0 Å². The van der Waals surface area contributed by atoms with Crippen LogP contribution < -0.4 is 14.4 Å². The van der Waals surface area contributed by atoms with Crippen molar-refractivity contribution in [2.24, 2.45) is 0 Å². The number of methoxy groups -OCH3 is 1. The van der Waals surface area contributed by atoms with Gasteiger partial charge in [0.15, 0.2) is 0 Å². The third kappa shape index (κ3) is 8.11. The Balaban J connectivity index is 1.90. The van der Waals surface area contributed by atoms with Gasteiger partial charge in [-0.3, -0.25) is 0 Å². The smallest absolute Gasteiger partial charge is 0.334 e. The van der Waals surface area contributed by atoms with E-state index in [-0.39, 0.29) is 11.1 Å². The Hall–Kier alpha value is -3.07. The van der Waals surface area contributed by atoms with Crippen LogP contribution in [0, 0.1) is 0 Å². The lowest BCUT2D eigenvalue weighted by molar-refractivity contribution is -0.132. The van der Waals surface area contributed by atoms with Crippen LogP contribution in [-0.2, 0) is 11.3 Å². The molecule has 1 heterocycles. The molecule has 230 valence electrons. The summed E-state index contributed by atoms with van der Waals surface area (Å²) < 4.78 is 14.1. The third-order valence-corrected chi connectivity index (χ3v) is 9.99. The van der Waals surface area contributed by atoms with Gasteiger partial charge in [-0.25, -0.2) is 9.10 Å². The average molecular weight is 621 g/mol. The Morgan fingerprint density at radius 3 is 2.30 bits per heavy atom. The van der Waals surface area contributed by atoms with Gasteiger partial charge in [0.2, 0.25) is 0 Å². The van der Waals surface area contributed by atoms with Crippen LogP contribution >= 0.6 is 23.7 Å². The van der Waals surface area contributed by atoms with E-state index in [1.165, 1.54) is 11.8 Å². The van der Waals surface area contributed by atoms with Crippen LogP contribution in [0.15, 0.2) is 88.4 Å². The minimum atomic E-state index is -0.993. The monoisotopic (exact) mass is 620 g/mol. The first kappa shape index (κ1) is 32.8. The van der Waals surface area contributed by atoms with Crippen molar-refractivity contribution in [1.82, 2.24) is 4.31 Å². The standard InChI is InChI=1S/C35H44N2O4S2/c1-6-8-19-35(20-9-7-2)25-36(28-13-11-10-12-14-28)30-21-33(42-5)31(41-24-26(3)34(38)39)22-32(30)43-37(35)23-27-15-17-29(40-4)18-16-27/h10-18,21-22,24H,6-9,19-20,23,25H2,1-5H3,(H,38,39)/b26-24+. The molecule has 1 N–H and O–H groups in total. The summed E-state index contributed by atoms with van der Waals surface area (Å²) in [4.78, 5) is 16.0. The highest BCUT2D eigenvalue weighted by Crippen LogP contribution is 2.50. The zero-order valence-electron chi connectivity index (χ0n) is 26.0. The number of aliphatic carboxylic acids is 1. The maximum Gasteiger partial charge on any atom is 0.334 e. The average Bonchev–Trinajstić information content (AvgIpc) is 3.16. The molecular formula is C35H44N2O4S2. The number of unbranched alkanes of at least 4 members (excludes halogenated alkanes) is 2. The zero-order valence-corrected chi connectivity index (χ0v) is 27.6. The predicted molar refractivity (Wildman–Crippen MR) is 180 cm³/mol. The van der Waals surface area contributed by atoms with Gasteiger partial charge >= 0.3 is 5.97 Å². The number of hydrogen-bond donors (Lipinski definition) is 1. The molecule has 3 aromatic carbocycles. The van der Waals surface area contributed by atoms with E-state index in [4.69, 9.17) is 9.47 Å². The Morgan fingerprint density at radius 2 is 1.72 bits per heavy atom. The van der Waals surface area contributed by atoms with Crippen LogP contribution in [0.5, 0.6) is 11.5 Å². The first-order valence-corrected chi connectivity index (χ1v) is 17.0. The zero-order chi connectivity index (χ0) is 30.8. The highest BCUT2D eigenvalue weighted by atomic mass is 32.2. The molecule has 0 aliphatic carbocycles. The van der Waals surface area contributed by atoms with Crippen molar-refractivity contribution in [3.63, 3.8) is 0 Å². The number of hydrogen-bond acceptors (Lipinski definition) is 7. The molecule has 0 bridgehead atoms. The van der Waals surface area contributed by atoms with Gasteiger partial charge in [0.05, 0.1) is 28.2 Å². The Morgan fingerprint density at radius 1 is 1.05 bits per heavy atom. The number of rotatable bonds is 14. The topological polar surface area (TPSA) is 62.2 Å². The molecule has 0 atom stereocenters. The summed E-state index contributed by atoms with van der Waals surface area (Å²) in [5, 5.41) is 9.40. The lowest BCUT2D eigenvalue weighted by Gasteiger charge is -2.44. The van der Waals surface area contributed by atoms with Gasteiger partial charge in [0.25, 0.3) is 0 Å². The van der Waals surface area contributed by atoms with Crippen LogP contribution in [-0.4, -0.2) is 40.8 Å². The molecule has 0 unspecified atom stereocenters. The van der Waals surface area contributed by atoms with Gasteiger partial charge < -0.3 is 19.5 Å². The van der Waals surface area contributed by atoms with Crippen molar-refractivity contribution in [1.29, 1.82) is 0 Å². The minimum Gasteiger partial charge on any atom is -0.497 e. The molecule has 1 aliphatic heterocycles. The maximum absolute atomic E-state index is 11.5. The van der Waals surface area contributed by atoms with Gasteiger partial charge in [0.1, 0.15) is 17.8 Å². The SMILES string of the molecule is CCCCC1(CCCC)CN(c2ccccc2)c2cc(SC)c(O/C=C(\C)C(=O)O)cc2SN1Cc1ccc(OC)cc1. The van der Waals surface area contributed by atoms with Gasteiger partial charge in [-0.1, -0.05) is 69.9 Å². The van der Waals surface area contributed by atoms with E-state index < -0.39 is 5.97 Å². The third-order valence-electron chi connectivity index (χ3n) is 7.97. The summed E-state index contributed by atoms with van der Waals surface area (Å²) in [6, 6.07) is 23.4. The molecule has 0 saturated carbocycles. The van der Waals surface area contributed by atoms with Crippen LogP contribution in [0.1, 0.15) is 64.9 Å². The molecule has 0 fully saturated rings. The number of anilines is 2. The van der Waals surface area contributed by atoms with E-state index in [0.717, 1.165) is 78.5 Å². The summed E-state index contributed by atoms with van der Waals surface area (Å²) in [6.07, 6.45) is 10.1. The Labute approximate surface area is 265 Å². The quantitative estimate of drug-likeness (QED) is 0.0827. The minimum absolute atomic E-state index is 0.0915. The van der Waals surface area contributed by atoms with E-state index in [1.54, 1.807) is 37.7 Å². The number of para-hydroxylation sites is 1. The lowest BCUT2D eigenvalue weighted by atomic mass is 9.85. The summed E-state index contributed by atoms with van der Waals surface area (Å²) in [5.74, 6) is 0.519. The van der Waals surface area contributed by atoms with Crippen molar-refractivity contribution in [3.8, 4) is 11.5 Å². The molecule has 0 radical (unpaired) electrons. The number of benzene rings is 3. The van der Waals surface area contributed by atoms with Crippen molar-refractivity contribution in [3.05, 3.63) is 84.1 Å². The first-order valence-electron chi connectivity index (χ1n) is 15.0. The second-order valence-electron chi connectivity index (χ2n) is 11.0. The van der Waals surface area contributed by atoms with E-state index >= 15 is 0 Å². The van der Waals surface area contributed by atoms with Gasteiger partial charge in [-0.05, 0) is 79.9 Å². The Kier molecular flexibility index (Phi) is 11.9. The van der Waals surface area contributed by atoms with Crippen LogP contribution in [0.2, 0.25) is 0 Å². The Bertz CT molecular complexity index is 1370. The predicted octanol–water partition coefficient (Wildman–Crippen LogP) is 9.56. The fourth-order valence-electron chi connectivity index (χ4n) is 5.42. The molecule has 0 spiro atoms. The first-order chi connectivity index (χ1) is 20.8. The number of thioether (sulfide) groups is 1. The number of fused-ring (bicyclic) bond motifs is 1. The van der Waals surface area contributed by atoms with Crippen molar-refractivity contribution < 1.29 is 19.4 Å². The summed E-state index contributed by atoms with van der Waals surface area (Å²) in [7, 11) is 1.70. The molecule has 0 saturated heterocycles. The molecule has 8 heteroatoms. The van der Waals surface area contributed by atoms with E-state index in [9.17, 15) is 9.90 Å². The molecule has 6 nitrogen and oxygen atoms in total. The fourth-order valence-corrected chi connectivity index (χ4v) is 7.27. The number of nitrogens with zero attached hydrogens (tertiary/aromatic N) is 2. The number of carboxylic acid groups (broad SMARTS) is 1. The second kappa shape index (κ2) is 15.6. The lowest BCUT2D eigenvalue weighted by Crippen LogP contribution is -2.51. The van der Waals surface area contributed by atoms with E-state index in [0.29, 0.717) is 5.75 Å². The van der Waals surface area contributed by atoms with Crippen LogP contribution in [0.25, 0.3) is 0 Å².